The summed E-state index contributed by atoms with van der Waals surface area (Å²) < 4.78 is 23.2. The zero-order chi connectivity index (χ0) is 35.1. The molecule has 0 fully saturated rings. The van der Waals surface area contributed by atoms with Gasteiger partial charge >= 0.3 is 7.82 Å². The minimum atomic E-state index is -4.27. The third-order valence-electron chi connectivity index (χ3n) is 9.08. The molecule has 282 valence electrons. The molecule has 0 aliphatic rings. The molecule has 0 saturated heterocycles. The van der Waals surface area contributed by atoms with Crippen molar-refractivity contribution >= 4 is 13.7 Å². The summed E-state index contributed by atoms with van der Waals surface area (Å²) in [6.45, 7) is 4.55. The maximum Gasteiger partial charge on any atom is 0.472 e. The second kappa shape index (κ2) is 31.5. The Morgan fingerprint density at radius 3 is 1.38 bits per heavy atom. The summed E-state index contributed by atoms with van der Waals surface area (Å²) in [6.07, 6.45) is 32.9. The molecule has 0 aliphatic carbocycles. The second-order valence-corrected chi connectivity index (χ2v) is 16.5. The first-order valence-corrected chi connectivity index (χ1v) is 21.4. The largest absolute Gasteiger partial charge is 0.472 e. The molecule has 47 heavy (non-hydrogen) atoms. The number of hydrogen-bond acceptors (Lipinski definition) is 5. The fraction of sp³-hybridized carbons (Fsp3) is 0.974. The number of carbonyl (C=O) groups excluding carboxylic acids is 1. The Morgan fingerprint density at radius 1 is 0.638 bits per heavy atom. The molecule has 0 saturated carbocycles. The van der Waals surface area contributed by atoms with Crippen molar-refractivity contribution in [2.24, 2.45) is 0 Å². The number of quaternary nitrogens is 1. The van der Waals surface area contributed by atoms with Crippen LogP contribution in [0.25, 0.3) is 0 Å². The number of aliphatic hydroxyl groups excluding tert-OH is 1. The van der Waals surface area contributed by atoms with Crippen molar-refractivity contribution < 1.29 is 32.9 Å². The van der Waals surface area contributed by atoms with E-state index in [2.05, 4.69) is 12.2 Å². The normalized spacial score (nSPS) is 14.6. The number of carbonyl (C=O) groups is 1. The van der Waals surface area contributed by atoms with E-state index < -0.39 is 20.0 Å². The summed E-state index contributed by atoms with van der Waals surface area (Å²) in [6, 6.07) is -0.749. The van der Waals surface area contributed by atoms with Gasteiger partial charge in [-0.2, -0.15) is 0 Å². The second-order valence-electron chi connectivity index (χ2n) is 15.0. The standard InChI is InChI=1S/C38H79N2O6P/c1-6-8-9-10-11-12-13-14-15-16-17-18-19-20-21-22-23-24-25-26-27-28-29-30-32-37(41)36(39-38(42)31-7-2)35-46-47(43,44)45-34-33-40(3,4)5/h36-37,41H,6-35H2,1-5H3,(H-,39,42,43,44)/p+1. The number of hydrogen-bond donors (Lipinski definition) is 3. The molecule has 0 radical (unpaired) electrons. The van der Waals surface area contributed by atoms with E-state index in [4.69, 9.17) is 9.05 Å². The molecule has 0 spiro atoms. The van der Waals surface area contributed by atoms with Crippen LogP contribution >= 0.6 is 7.82 Å². The van der Waals surface area contributed by atoms with Crippen LogP contribution in [-0.2, 0) is 18.4 Å². The van der Waals surface area contributed by atoms with Gasteiger partial charge < -0.3 is 19.8 Å². The first-order valence-electron chi connectivity index (χ1n) is 19.9. The fourth-order valence-electron chi connectivity index (χ4n) is 5.91. The maximum atomic E-state index is 12.3. The number of likely N-dealkylation sites (N-methyl/N-ethyl adjacent to an activating group) is 1. The summed E-state index contributed by atoms with van der Waals surface area (Å²) in [5, 5.41) is 13.6. The smallest absolute Gasteiger partial charge is 0.391 e. The van der Waals surface area contributed by atoms with Crippen LogP contribution < -0.4 is 5.32 Å². The van der Waals surface area contributed by atoms with Gasteiger partial charge in [0, 0.05) is 6.42 Å². The van der Waals surface area contributed by atoms with E-state index in [9.17, 15) is 19.4 Å². The van der Waals surface area contributed by atoms with Gasteiger partial charge in [-0.25, -0.2) is 4.57 Å². The van der Waals surface area contributed by atoms with E-state index in [0.29, 0.717) is 30.3 Å². The monoisotopic (exact) mass is 692 g/mol. The third-order valence-corrected chi connectivity index (χ3v) is 10.1. The van der Waals surface area contributed by atoms with Gasteiger partial charge in [0.2, 0.25) is 5.91 Å². The first kappa shape index (κ1) is 46.5. The summed E-state index contributed by atoms with van der Waals surface area (Å²) in [4.78, 5) is 22.3. The average molecular weight is 692 g/mol. The Hall–Kier alpha value is -0.500. The molecule has 9 heteroatoms. The molecular formula is C38H80N2O6P+. The van der Waals surface area contributed by atoms with E-state index in [1.807, 2.05) is 28.1 Å². The van der Waals surface area contributed by atoms with Gasteiger partial charge in [0.05, 0.1) is 39.9 Å². The quantitative estimate of drug-likeness (QED) is 0.0343. The molecule has 1 amide bonds. The highest BCUT2D eigenvalue weighted by Crippen LogP contribution is 2.43. The lowest BCUT2D eigenvalue weighted by molar-refractivity contribution is -0.870. The molecule has 3 unspecified atom stereocenters. The van der Waals surface area contributed by atoms with E-state index in [0.717, 1.165) is 19.3 Å². The van der Waals surface area contributed by atoms with Gasteiger partial charge in [0.1, 0.15) is 13.2 Å². The predicted molar refractivity (Wildman–Crippen MR) is 199 cm³/mol. The van der Waals surface area contributed by atoms with E-state index >= 15 is 0 Å². The van der Waals surface area contributed by atoms with Crippen molar-refractivity contribution in [3.05, 3.63) is 0 Å². The SMILES string of the molecule is CCCCCCCCCCCCCCCCCCCCCCCCCCC(O)C(COP(=O)(O)OCC[N+](C)(C)C)NC(=O)CCC. The van der Waals surface area contributed by atoms with Gasteiger partial charge in [-0.05, 0) is 12.8 Å². The lowest BCUT2D eigenvalue weighted by Gasteiger charge is -2.26. The van der Waals surface area contributed by atoms with E-state index in [1.54, 1.807) is 0 Å². The molecule has 3 N–H and O–H groups in total. The van der Waals surface area contributed by atoms with Crippen LogP contribution in [0.4, 0.5) is 0 Å². The summed E-state index contributed by atoms with van der Waals surface area (Å²) in [5.74, 6) is -0.196. The highest BCUT2D eigenvalue weighted by molar-refractivity contribution is 7.47. The Bertz CT molecular complexity index is 748. The van der Waals surface area contributed by atoms with Crippen LogP contribution in [0.5, 0.6) is 0 Å². The first-order chi connectivity index (χ1) is 22.5. The lowest BCUT2D eigenvalue weighted by atomic mass is 10.0. The molecule has 0 heterocycles. The van der Waals surface area contributed by atoms with Crippen molar-refractivity contribution in [3.8, 4) is 0 Å². The minimum absolute atomic E-state index is 0.0756. The zero-order valence-corrected chi connectivity index (χ0v) is 32.7. The Kier molecular flexibility index (Phi) is 31.1. The number of rotatable bonds is 36. The summed E-state index contributed by atoms with van der Waals surface area (Å²) in [5.41, 5.74) is 0. The summed E-state index contributed by atoms with van der Waals surface area (Å²) in [7, 11) is 1.62. The highest BCUT2D eigenvalue weighted by Gasteiger charge is 2.28. The van der Waals surface area contributed by atoms with Crippen LogP contribution in [-0.4, -0.2) is 73.4 Å². The van der Waals surface area contributed by atoms with Gasteiger partial charge in [0.25, 0.3) is 0 Å². The van der Waals surface area contributed by atoms with Crippen molar-refractivity contribution in [2.75, 3.05) is 40.9 Å². The zero-order valence-electron chi connectivity index (χ0n) is 31.8. The van der Waals surface area contributed by atoms with Crippen LogP contribution in [0, 0.1) is 0 Å². The number of nitrogens with one attached hydrogen (secondary N) is 1. The van der Waals surface area contributed by atoms with Crippen LogP contribution in [0.2, 0.25) is 0 Å². The van der Waals surface area contributed by atoms with Gasteiger partial charge in [-0.15, -0.1) is 0 Å². The van der Waals surface area contributed by atoms with Crippen molar-refractivity contribution in [1.82, 2.24) is 5.32 Å². The lowest BCUT2D eigenvalue weighted by Crippen LogP contribution is -2.46. The minimum Gasteiger partial charge on any atom is -0.391 e. The van der Waals surface area contributed by atoms with Crippen molar-refractivity contribution in [3.63, 3.8) is 0 Å². The Labute approximate surface area is 291 Å². The number of amides is 1. The summed E-state index contributed by atoms with van der Waals surface area (Å²) >= 11 is 0. The molecule has 3 atom stereocenters. The molecular weight excluding hydrogens is 611 g/mol. The average Bonchev–Trinajstić information content (AvgIpc) is 3.00. The number of unbranched alkanes of at least 4 members (excludes halogenated alkanes) is 23. The van der Waals surface area contributed by atoms with Gasteiger partial charge in [-0.3, -0.25) is 13.8 Å². The third kappa shape index (κ3) is 33.8. The maximum absolute atomic E-state index is 12.3. The van der Waals surface area contributed by atoms with Crippen molar-refractivity contribution in [2.45, 2.75) is 199 Å². The molecule has 0 aromatic rings. The highest BCUT2D eigenvalue weighted by atomic mass is 31.2. The van der Waals surface area contributed by atoms with Crippen molar-refractivity contribution in [1.29, 1.82) is 0 Å². The van der Waals surface area contributed by atoms with Crippen LogP contribution in [0.3, 0.4) is 0 Å². The number of nitrogens with zero attached hydrogens (tertiary/aromatic N) is 1. The van der Waals surface area contributed by atoms with Crippen LogP contribution in [0.1, 0.15) is 187 Å². The van der Waals surface area contributed by atoms with Gasteiger partial charge in [0.15, 0.2) is 0 Å². The topological polar surface area (TPSA) is 105 Å². The molecule has 0 rings (SSSR count). The molecule has 0 aromatic carbocycles. The number of aliphatic hydroxyl groups is 1. The van der Waals surface area contributed by atoms with Gasteiger partial charge in [-0.1, -0.05) is 168 Å². The molecule has 0 aromatic heterocycles. The van der Waals surface area contributed by atoms with Crippen LogP contribution in [0.15, 0.2) is 0 Å². The molecule has 0 bridgehead atoms. The predicted octanol–water partition coefficient (Wildman–Crippen LogP) is 10.2. The number of phosphoric ester groups is 1. The Morgan fingerprint density at radius 2 is 1.02 bits per heavy atom. The van der Waals surface area contributed by atoms with E-state index in [1.165, 1.54) is 135 Å². The number of phosphoric acid groups is 1. The Balaban J connectivity index is 3.80. The molecule has 8 nitrogen and oxygen atoms in total. The van der Waals surface area contributed by atoms with E-state index in [-0.39, 0.29) is 19.1 Å². The molecule has 0 aliphatic heterocycles. The fourth-order valence-corrected chi connectivity index (χ4v) is 6.65.